The van der Waals surface area contributed by atoms with Crippen LogP contribution in [0.1, 0.15) is 162 Å². The van der Waals surface area contributed by atoms with Gasteiger partial charge in [0.15, 0.2) is 0 Å². The van der Waals surface area contributed by atoms with Crippen molar-refractivity contribution in [3.05, 3.63) is 12.2 Å². The summed E-state index contributed by atoms with van der Waals surface area (Å²) in [4.78, 5) is 11.9. The Kier molecular flexibility index (Phi) is 25.8. The van der Waals surface area contributed by atoms with Gasteiger partial charge in [-0.3, -0.25) is 4.79 Å². The van der Waals surface area contributed by atoms with Crippen molar-refractivity contribution in [1.29, 1.82) is 0 Å². The van der Waals surface area contributed by atoms with E-state index in [0.29, 0.717) is 18.9 Å². The monoisotopic (exact) mass is 450 g/mol. The molecule has 0 amide bonds. The predicted octanol–water partition coefficient (Wildman–Crippen LogP) is 10.3. The second-order valence-corrected chi connectivity index (χ2v) is 9.85. The summed E-state index contributed by atoms with van der Waals surface area (Å²) in [6.45, 7) is 7.33. The van der Waals surface area contributed by atoms with E-state index in [0.717, 1.165) is 12.8 Å². The third-order valence-corrected chi connectivity index (χ3v) is 6.67. The minimum absolute atomic E-state index is 0.0148. The van der Waals surface area contributed by atoms with Gasteiger partial charge in [0, 0.05) is 6.42 Å². The molecule has 0 spiro atoms. The number of carbonyl (C=O) groups excluding carboxylic acids is 1. The fraction of sp³-hybridized carbons (Fsp3) is 0.900. The Balaban J connectivity index is 3.29. The van der Waals surface area contributed by atoms with Crippen LogP contribution < -0.4 is 0 Å². The maximum absolute atomic E-state index is 11.9. The molecule has 0 aromatic carbocycles. The summed E-state index contributed by atoms with van der Waals surface area (Å²) >= 11 is 0. The van der Waals surface area contributed by atoms with Gasteiger partial charge >= 0.3 is 5.97 Å². The molecule has 0 fully saturated rings. The van der Waals surface area contributed by atoms with Gasteiger partial charge in [-0.1, -0.05) is 129 Å². The molecule has 0 aromatic rings. The van der Waals surface area contributed by atoms with Gasteiger partial charge in [0.05, 0.1) is 6.61 Å². The molecule has 1 unspecified atom stereocenters. The largest absolute Gasteiger partial charge is 0.465 e. The minimum atomic E-state index is 0.0148. The lowest BCUT2D eigenvalue weighted by molar-refractivity contribution is -0.145. The van der Waals surface area contributed by atoms with Crippen LogP contribution in [-0.4, -0.2) is 12.6 Å². The van der Waals surface area contributed by atoms with Crippen LogP contribution >= 0.6 is 0 Å². The molecular weight excluding hydrogens is 392 g/mol. The number of allylic oxidation sites excluding steroid dienone is 2. The molecule has 32 heavy (non-hydrogen) atoms. The van der Waals surface area contributed by atoms with Crippen LogP contribution in [0.3, 0.4) is 0 Å². The minimum Gasteiger partial charge on any atom is -0.465 e. The Morgan fingerprint density at radius 1 is 0.625 bits per heavy atom. The Morgan fingerprint density at radius 3 is 1.59 bits per heavy atom. The topological polar surface area (TPSA) is 26.3 Å². The second-order valence-electron chi connectivity index (χ2n) is 9.85. The first kappa shape index (κ1) is 31.2. The number of rotatable bonds is 25. The molecule has 2 nitrogen and oxygen atoms in total. The van der Waals surface area contributed by atoms with E-state index >= 15 is 0 Å². The first-order valence-corrected chi connectivity index (χ1v) is 14.5. The molecule has 0 N–H and O–H groups in total. The highest BCUT2D eigenvalue weighted by molar-refractivity contribution is 5.69. The van der Waals surface area contributed by atoms with Crippen LogP contribution in [0.5, 0.6) is 0 Å². The Labute approximate surface area is 202 Å². The molecule has 1 atom stereocenters. The highest BCUT2D eigenvalue weighted by Crippen LogP contribution is 2.15. The number of unbranched alkanes of at least 4 members (excludes halogenated alkanes) is 16. The first-order chi connectivity index (χ1) is 15.7. The SMILES string of the molecule is CCCCCCCC/C=C/CCCCCCCCCCCC(=O)OCC(CC)CCCC. The number of carbonyl (C=O) groups is 1. The van der Waals surface area contributed by atoms with E-state index in [4.69, 9.17) is 4.74 Å². The molecule has 0 saturated heterocycles. The van der Waals surface area contributed by atoms with E-state index in [1.165, 1.54) is 122 Å². The number of esters is 1. The fourth-order valence-corrected chi connectivity index (χ4v) is 4.23. The van der Waals surface area contributed by atoms with E-state index < -0.39 is 0 Å². The molecule has 0 aliphatic rings. The standard InChI is InChI=1S/C30H58O2/c1-4-7-9-10-11-12-13-14-15-16-17-18-19-20-21-22-23-24-25-27-30(31)32-28-29(6-3)26-8-5-2/h14-15,29H,4-13,16-28H2,1-3H3/b15-14+. The maximum atomic E-state index is 11.9. The molecule has 0 bridgehead atoms. The van der Waals surface area contributed by atoms with Gasteiger partial charge in [0.2, 0.25) is 0 Å². The zero-order valence-corrected chi connectivity index (χ0v) is 22.3. The van der Waals surface area contributed by atoms with Gasteiger partial charge in [0.25, 0.3) is 0 Å². The molecule has 0 rings (SSSR count). The first-order valence-electron chi connectivity index (χ1n) is 14.5. The van der Waals surface area contributed by atoms with Crippen LogP contribution in [0.15, 0.2) is 12.2 Å². The molecular formula is C30H58O2. The molecule has 0 aliphatic carbocycles. The third-order valence-electron chi connectivity index (χ3n) is 6.67. The van der Waals surface area contributed by atoms with Crippen LogP contribution in [0.2, 0.25) is 0 Å². The van der Waals surface area contributed by atoms with Crippen LogP contribution in [0.25, 0.3) is 0 Å². The zero-order chi connectivity index (χ0) is 23.5. The summed E-state index contributed by atoms with van der Waals surface area (Å²) in [5.41, 5.74) is 0. The summed E-state index contributed by atoms with van der Waals surface area (Å²) in [5.74, 6) is 0.570. The van der Waals surface area contributed by atoms with Crippen molar-refractivity contribution in [2.75, 3.05) is 6.61 Å². The summed E-state index contributed by atoms with van der Waals surface area (Å²) < 4.78 is 5.49. The van der Waals surface area contributed by atoms with Crippen molar-refractivity contribution < 1.29 is 9.53 Å². The molecule has 0 aliphatic heterocycles. The quantitative estimate of drug-likeness (QED) is 0.0785. The van der Waals surface area contributed by atoms with Gasteiger partial charge in [0.1, 0.15) is 0 Å². The van der Waals surface area contributed by atoms with Gasteiger partial charge in [-0.15, -0.1) is 0 Å². The Morgan fingerprint density at radius 2 is 1.09 bits per heavy atom. The van der Waals surface area contributed by atoms with E-state index in [9.17, 15) is 4.79 Å². The number of hydrogen-bond donors (Lipinski definition) is 0. The Bertz CT molecular complexity index is 402. The van der Waals surface area contributed by atoms with Gasteiger partial charge < -0.3 is 4.74 Å². The second kappa shape index (κ2) is 26.5. The molecule has 0 aromatic heterocycles. The van der Waals surface area contributed by atoms with Crippen molar-refractivity contribution in [3.63, 3.8) is 0 Å². The highest BCUT2D eigenvalue weighted by atomic mass is 16.5. The van der Waals surface area contributed by atoms with E-state index in [2.05, 4.69) is 32.9 Å². The lowest BCUT2D eigenvalue weighted by atomic mass is 10.0. The van der Waals surface area contributed by atoms with Crippen molar-refractivity contribution in [3.8, 4) is 0 Å². The lowest BCUT2D eigenvalue weighted by Crippen LogP contribution is -2.13. The van der Waals surface area contributed by atoms with Crippen LogP contribution in [0.4, 0.5) is 0 Å². The van der Waals surface area contributed by atoms with E-state index in [-0.39, 0.29) is 5.97 Å². The van der Waals surface area contributed by atoms with Gasteiger partial charge in [-0.25, -0.2) is 0 Å². The normalized spacial score (nSPS) is 12.5. The van der Waals surface area contributed by atoms with Gasteiger partial charge in [-0.05, 0) is 44.4 Å². The van der Waals surface area contributed by atoms with Crippen molar-refractivity contribution in [1.82, 2.24) is 0 Å². The number of ether oxygens (including phenoxy) is 1. The Hall–Kier alpha value is -0.790. The molecule has 0 radical (unpaired) electrons. The van der Waals surface area contributed by atoms with Gasteiger partial charge in [-0.2, -0.15) is 0 Å². The summed E-state index contributed by atoms with van der Waals surface area (Å²) in [5, 5.41) is 0. The van der Waals surface area contributed by atoms with E-state index in [1.54, 1.807) is 0 Å². The maximum Gasteiger partial charge on any atom is 0.305 e. The summed E-state index contributed by atoms with van der Waals surface area (Å²) in [6.07, 6.45) is 32.7. The van der Waals surface area contributed by atoms with Crippen LogP contribution in [-0.2, 0) is 9.53 Å². The van der Waals surface area contributed by atoms with E-state index in [1.807, 2.05) is 0 Å². The smallest absolute Gasteiger partial charge is 0.305 e. The highest BCUT2D eigenvalue weighted by Gasteiger charge is 2.09. The molecule has 0 saturated carbocycles. The zero-order valence-electron chi connectivity index (χ0n) is 22.3. The number of hydrogen-bond acceptors (Lipinski definition) is 2. The van der Waals surface area contributed by atoms with Crippen LogP contribution in [0, 0.1) is 5.92 Å². The average molecular weight is 451 g/mol. The summed E-state index contributed by atoms with van der Waals surface area (Å²) in [6, 6.07) is 0. The van der Waals surface area contributed by atoms with Crippen molar-refractivity contribution in [2.24, 2.45) is 5.92 Å². The average Bonchev–Trinajstić information content (AvgIpc) is 2.80. The molecule has 2 heteroatoms. The molecule has 190 valence electrons. The molecule has 0 heterocycles. The summed E-state index contributed by atoms with van der Waals surface area (Å²) in [7, 11) is 0. The fourth-order valence-electron chi connectivity index (χ4n) is 4.23. The van der Waals surface area contributed by atoms with Crippen molar-refractivity contribution in [2.45, 2.75) is 162 Å². The third kappa shape index (κ3) is 23.9. The lowest BCUT2D eigenvalue weighted by Gasteiger charge is -2.14. The predicted molar refractivity (Wildman–Crippen MR) is 142 cm³/mol. The van der Waals surface area contributed by atoms with Crippen molar-refractivity contribution >= 4 is 5.97 Å².